The summed E-state index contributed by atoms with van der Waals surface area (Å²) in [5.74, 6) is 3.75. The van der Waals surface area contributed by atoms with Crippen molar-refractivity contribution in [2.24, 2.45) is 0 Å². The number of nitrogens with zero attached hydrogens (tertiary/aromatic N) is 5. The number of fused-ring (bicyclic) bond motifs is 5. The molecule has 0 N–H and O–H groups in total. The van der Waals surface area contributed by atoms with Crippen molar-refractivity contribution in [3.63, 3.8) is 0 Å². The third-order valence-corrected chi connectivity index (χ3v) is 11.9. The van der Waals surface area contributed by atoms with E-state index in [2.05, 4.69) is 117 Å². The van der Waals surface area contributed by atoms with Gasteiger partial charge in [-0.1, -0.05) is 138 Å². The molecule has 7 heteroatoms. The molecule has 1 radical (unpaired) electrons. The minimum absolute atomic E-state index is 0.117. The normalized spacial score (nSPS) is 14.0. The molecule has 0 unspecified atom stereocenters. The molecule has 7 rings (SSSR count). The van der Waals surface area contributed by atoms with Crippen molar-refractivity contribution in [2.45, 2.75) is 46.9 Å². The molecule has 3 heterocycles. The van der Waals surface area contributed by atoms with Crippen LogP contribution in [0.3, 0.4) is 0 Å². The van der Waals surface area contributed by atoms with Gasteiger partial charge in [0.1, 0.15) is 7.28 Å². The zero-order valence-corrected chi connectivity index (χ0v) is 36.1. The second kappa shape index (κ2) is 17.7. The van der Waals surface area contributed by atoms with Crippen LogP contribution in [0.2, 0.25) is 6.82 Å². The first-order valence-electron chi connectivity index (χ1n) is 20.1. The minimum atomic E-state index is -0.117. The lowest BCUT2D eigenvalue weighted by molar-refractivity contribution is 0.661. The van der Waals surface area contributed by atoms with Crippen molar-refractivity contribution >= 4 is 63.8 Å². The van der Waals surface area contributed by atoms with E-state index >= 15 is 0 Å². The topological polar surface area (TPSA) is 56.5 Å². The summed E-state index contributed by atoms with van der Waals surface area (Å²) in [4.78, 5) is 19.6. The van der Waals surface area contributed by atoms with E-state index in [0.29, 0.717) is 17.5 Å². The number of thiazole rings is 1. The van der Waals surface area contributed by atoms with Crippen LogP contribution in [0, 0.1) is 6.92 Å². The Bertz CT molecular complexity index is 2890. The standard InChI is InChI=1S/C53H49BN5S/c1-11-17-21-35(14-4)50-56-51(37(19-12-2)20-13-3)58-52(57-50)39-22-18-23-40(30-39)59-34(7)42(41(28-29-54-10)47(59)16-6)31-36(15-5)38-24-25-44-43(32-38)48-45(53(44,8)9)26-27-46-49(48)60-33-55-46/h11-33H,1-2,5-6H2,3-4,7-10H3/b20-13-,21-17-,29-28-,35-14+,36-31+,37-19+. The summed E-state index contributed by atoms with van der Waals surface area (Å²) in [6, 6.07) is 19.6. The van der Waals surface area contributed by atoms with Gasteiger partial charge in [-0.25, -0.2) is 19.9 Å². The molecule has 0 aliphatic heterocycles. The second-order valence-corrected chi connectivity index (χ2v) is 15.8. The maximum atomic E-state index is 5.02. The third-order valence-electron chi connectivity index (χ3n) is 11.0. The first kappa shape index (κ1) is 41.5. The Morgan fingerprint density at radius 3 is 2.33 bits per heavy atom. The molecule has 5 nitrogen and oxygen atoms in total. The number of rotatable bonds is 14. The Labute approximate surface area is 359 Å². The molecular weight excluding hydrogens is 749 g/mol. The zero-order valence-electron chi connectivity index (χ0n) is 35.3. The van der Waals surface area contributed by atoms with Gasteiger partial charge in [-0.15, -0.1) is 17.3 Å². The Morgan fingerprint density at radius 1 is 0.850 bits per heavy atom. The highest BCUT2D eigenvalue weighted by atomic mass is 32.1. The molecule has 1 aliphatic rings. The van der Waals surface area contributed by atoms with Crippen LogP contribution in [0.25, 0.3) is 73.4 Å². The van der Waals surface area contributed by atoms with E-state index in [-0.39, 0.29) is 5.41 Å². The highest BCUT2D eigenvalue weighted by Crippen LogP contribution is 2.52. The van der Waals surface area contributed by atoms with Crippen LogP contribution in [0.15, 0.2) is 147 Å². The van der Waals surface area contributed by atoms with Gasteiger partial charge in [-0.3, -0.25) is 0 Å². The predicted molar refractivity (Wildman–Crippen MR) is 261 cm³/mol. The molecule has 3 aromatic heterocycles. The van der Waals surface area contributed by atoms with Gasteiger partial charge < -0.3 is 4.57 Å². The van der Waals surface area contributed by atoms with Crippen LogP contribution in [0.4, 0.5) is 0 Å². The quantitative estimate of drug-likeness (QED) is 0.0813. The molecule has 0 saturated carbocycles. The number of hydrogen-bond acceptors (Lipinski definition) is 5. The molecule has 1 aliphatic carbocycles. The van der Waals surface area contributed by atoms with Crippen LogP contribution in [0.1, 0.15) is 78.5 Å². The fraction of sp³-hybridized carbons (Fsp3) is 0.132. The highest BCUT2D eigenvalue weighted by Gasteiger charge is 2.37. The van der Waals surface area contributed by atoms with Crippen LogP contribution < -0.4 is 0 Å². The second-order valence-electron chi connectivity index (χ2n) is 15.0. The molecule has 60 heavy (non-hydrogen) atoms. The summed E-state index contributed by atoms with van der Waals surface area (Å²) < 4.78 is 3.49. The van der Waals surface area contributed by atoms with Gasteiger partial charge >= 0.3 is 0 Å². The van der Waals surface area contributed by atoms with Crippen LogP contribution >= 0.6 is 11.3 Å². The molecule has 0 amide bonds. The molecule has 0 atom stereocenters. The van der Waals surface area contributed by atoms with Gasteiger partial charge in [0.2, 0.25) is 0 Å². The summed E-state index contributed by atoms with van der Waals surface area (Å²) in [6.07, 6.45) is 23.5. The molecule has 0 saturated heterocycles. The lowest BCUT2D eigenvalue weighted by atomic mass is 9.81. The SMILES string of the molecule is C=C/C=C\C(=C/C)c1nc(C(/C=C\C)=C/C=C)nc(-c2cccc(-n3c(C)c(/C=C(\C=C)c4ccc5c(c4)-c4c(ccc6ncsc46)C5(C)C)c(/C=C\[B]C)c3C=C)c2)n1. The van der Waals surface area contributed by atoms with Crippen molar-refractivity contribution in [3.05, 3.63) is 198 Å². The Hall–Kier alpha value is -6.70. The minimum Gasteiger partial charge on any atom is -0.313 e. The number of hydrogen-bond donors (Lipinski definition) is 0. The maximum Gasteiger partial charge on any atom is 0.164 e. The van der Waals surface area contributed by atoms with Gasteiger partial charge in [-0.05, 0) is 85.0 Å². The summed E-state index contributed by atoms with van der Waals surface area (Å²) in [5.41, 5.74) is 17.9. The van der Waals surface area contributed by atoms with Crippen molar-refractivity contribution < 1.29 is 0 Å². The summed E-state index contributed by atoms with van der Waals surface area (Å²) in [5, 5.41) is 0. The van der Waals surface area contributed by atoms with Crippen molar-refractivity contribution in [1.29, 1.82) is 0 Å². The van der Waals surface area contributed by atoms with Crippen molar-refractivity contribution in [2.75, 3.05) is 0 Å². The largest absolute Gasteiger partial charge is 0.313 e. The maximum absolute atomic E-state index is 5.02. The Morgan fingerprint density at radius 2 is 1.63 bits per heavy atom. The third kappa shape index (κ3) is 7.53. The van der Waals surface area contributed by atoms with Gasteiger partial charge in [0.05, 0.1) is 21.4 Å². The van der Waals surface area contributed by atoms with Gasteiger partial charge in [-0.2, -0.15) is 0 Å². The summed E-state index contributed by atoms with van der Waals surface area (Å²) in [6.45, 7) is 29.2. The number of benzene rings is 3. The lowest BCUT2D eigenvalue weighted by Crippen LogP contribution is -2.14. The van der Waals surface area contributed by atoms with E-state index in [1.807, 2.05) is 94.2 Å². The highest BCUT2D eigenvalue weighted by molar-refractivity contribution is 7.17. The molecule has 3 aromatic carbocycles. The smallest absolute Gasteiger partial charge is 0.164 e. The number of allylic oxidation sites excluding steroid dienone is 12. The average Bonchev–Trinajstić information content (AvgIpc) is 3.92. The Balaban J connectivity index is 1.39. The van der Waals surface area contributed by atoms with Gasteiger partial charge in [0.15, 0.2) is 17.5 Å². The monoisotopic (exact) mass is 798 g/mol. The first-order valence-corrected chi connectivity index (χ1v) is 21.0. The Kier molecular flexibility index (Phi) is 12.2. The molecule has 0 spiro atoms. The fourth-order valence-electron chi connectivity index (χ4n) is 8.12. The molecule has 0 bridgehead atoms. The molecular formula is C53H49BN5S. The lowest BCUT2D eigenvalue weighted by Gasteiger charge is -2.21. The van der Waals surface area contributed by atoms with Crippen LogP contribution in [-0.2, 0) is 5.41 Å². The summed E-state index contributed by atoms with van der Waals surface area (Å²) >= 11 is 1.71. The molecule has 6 aromatic rings. The molecule has 0 fully saturated rings. The van der Waals surface area contributed by atoms with Gasteiger partial charge in [0, 0.05) is 50.2 Å². The van der Waals surface area contributed by atoms with Crippen LogP contribution in [0.5, 0.6) is 0 Å². The van der Waals surface area contributed by atoms with Crippen molar-refractivity contribution in [1.82, 2.24) is 24.5 Å². The fourth-order valence-corrected chi connectivity index (χ4v) is 8.97. The predicted octanol–water partition coefficient (Wildman–Crippen LogP) is 13.9. The van der Waals surface area contributed by atoms with Crippen LogP contribution in [-0.4, -0.2) is 31.8 Å². The van der Waals surface area contributed by atoms with E-state index in [0.717, 1.165) is 61.6 Å². The van der Waals surface area contributed by atoms with E-state index < -0.39 is 0 Å². The van der Waals surface area contributed by atoms with Crippen molar-refractivity contribution in [3.8, 4) is 28.2 Å². The average molecular weight is 799 g/mol. The number of aromatic nitrogens is 5. The van der Waals surface area contributed by atoms with E-state index in [1.165, 1.54) is 27.0 Å². The molecule has 295 valence electrons. The van der Waals surface area contributed by atoms with Gasteiger partial charge in [0.25, 0.3) is 0 Å². The zero-order chi connectivity index (χ0) is 42.6. The van der Waals surface area contributed by atoms with E-state index in [1.54, 1.807) is 23.5 Å². The first-order chi connectivity index (χ1) is 29.1. The summed E-state index contributed by atoms with van der Waals surface area (Å²) in [7, 11) is 2.05. The van der Waals surface area contributed by atoms with E-state index in [4.69, 9.17) is 15.0 Å². The van der Waals surface area contributed by atoms with E-state index in [9.17, 15) is 0 Å².